The molecule has 1 aromatic heterocycles. The number of aliphatic hydroxyl groups is 1. The zero-order valence-corrected chi connectivity index (χ0v) is 19.6. The molecule has 1 fully saturated rings. The lowest BCUT2D eigenvalue weighted by Gasteiger charge is -2.50. The van der Waals surface area contributed by atoms with Gasteiger partial charge in [-0.05, 0) is 64.8 Å². The number of likely N-dealkylation sites (tertiary alicyclic amines) is 1. The molecule has 3 heterocycles. The molecule has 1 aromatic rings. The molecule has 0 unspecified atom stereocenters. The van der Waals surface area contributed by atoms with Crippen molar-refractivity contribution in [2.45, 2.75) is 63.4 Å². The Balaban J connectivity index is 1.54. The number of aromatic nitrogens is 1. The number of halogens is 3. The summed E-state index contributed by atoms with van der Waals surface area (Å²) in [5.41, 5.74) is -0.0430. The number of fused-ring (bicyclic) bond motifs is 2. The lowest BCUT2D eigenvalue weighted by atomic mass is 9.81. The van der Waals surface area contributed by atoms with E-state index in [9.17, 15) is 23.1 Å². The van der Waals surface area contributed by atoms with Gasteiger partial charge in [0.05, 0.1) is 18.2 Å². The molecule has 3 aliphatic rings. The molecule has 1 N–H and O–H groups in total. The minimum absolute atomic E-state index is 0.0704. The number of hydrogen-bond donors (Lipinski definition) is 1. The second kappa shape index (κ2) is 8.20. The monoisotopic (exact) mass is 467 g/mol. The molecule has 2 aliphatic heterocycles. The van der Waals surface area contributed by atoms with Gasteiger partial charge in [-0.15, -0.1) is 0 Å². The molecule has 1 spiro atoms. The predicted molar refractivity (Wildman–Crippen MR) is 117 cm³/mol. The number of carbonyl (C=O) groups is 1. The second-order valence-corrected chi connectivity index (χ2v) is 9.77. The van der Waals surface area contributed by atoms with Crippen LogP contribution in [0.1, 0.15) is 50.9 Å². The summed E-state index contributed by atoms with van der Waals surface area (Å²) in [6.07, 6.45) is -0.453. The summed E-state index contributed by atoms with van der Waals surface area (Å²) in [5.74, 6) is 0.453. The second-order valence-electron chi connectivity index (χ2n) is 9.77. The van der Waals surface area contributed by atoms with Crippen molar-refractivity contribution in [3.63, 3.8) is 0 Å². The zero-order chi connectivity index (χ0) is 24.2. The smallest absolute Gasteiger partial charge is 0.431 e. The van der Waals surface area contributed by atoms with E-state index < -0.39 is 23.0 Å². The van der Waals surface area contributed by atoms with Crippen LogP contribution in [0.2, 0.25) is 0 Å². The summed E-state index contributed by atoms with van der Waals surface area (Å²) in [4.78, 5) is 17.2. The Morgan fingerprint density at radius 2 is 1.76 bits per heavy atom. The van der Waals surface area contributed by atoms with E-state index >= 15 is 0 Å². The van der Waals surface area contributed by atoms with E-state index in [-0.39, 0.29) is 5.91 Å². The standard InChI is InChI=1S/C24H32F3N3O3/c1-22(2,32)17-6-5-16(15-18(17)33-4)21(31)29-11-9-23(10-12-29)19-7-8-20(24(25,26)27)30(19)14-13-28(23)3/h7-8,15,32H,5-6,9-14H2,1-4H3. The van der Waals surface area contributed by atoms with Crippen molar-refractivity contribution in [3.05, 3.63) is 46.5 Å². The first-order valence-electron chi connectivity index (χ1n) is 11.4. The number of alkyl halides is 3. The average Bonchev–Trinajstić information content (AvgIpc) is 3.21. The van der Waals surface area contributed by atoms with Gasteiger partial charge in [-0.1, -0.05) is 0 Å². The maximum atomic E-state index is 13.5. The maximum absolute atomic E-state index is 13.5. The molecule has 33 heavy (non-hydrogen) atoms. The van der Waals surface area contributed by atoms with Crippen LogP contribution in [0, 0.1) is 0 Å². The number of likely N-dealkylation sites (N-methyl/N-ethyl adjacent to an activating group) is 1. The highest BCUT2D eigenvalue weighted by atomic mass is 19.4. The van der Waals surface area contributed by atoms with Crippen LogP contribution in [0.5, 0.6) is 0 Å². The molecule has 6 nitrogen and oxygen atoms in total. The van der Waals surface area contributed by atoms with Gasteiger partial charge < -0.3 is 19.3 Å². The molecule has 1 aliphatic carbocycles. The van der Waals surface area contributed by atoms with E-state index in [1.807, 2.05) is 7.05 Å². The molecule has 9 heteroatoms. The van der Waals surface area contributed by atoms with E-state index in [2.05, 4.69) is 4.90 Å². The number of ether oxygens (including phenoxy) is 1. The summed E-state index contributed by atoms with van der Waals surface area (Å²) in [6, 6.07) is 2.78. The van der Waals surface area contributed by atoms with Gasteiger partial charge in [-0.2, -0.15) is 13.2 Å². The Bertz CT molecular complexity index is 993. The van der Waals surface area contributed by atoms with Gasteiger partial charge in [0.1, 0.15) is 11.5 Å². The Kier molecular flexibility index (Phi) is 5.93. The van der Waals surface area contributed by atoms with Gasteiger partial charge in [0, 0.05) is 43.0 Å². The Hall–Kier alpha value is -2.26. The van der Waals surface area contributed by atoms with Crippen molar-refractivity contribution < 1.29 is 27.8 Å². The average molecular weight is 468 g/mol. The van der Waals surface area contributed by atoms with E-state index in [1.54, 1.807) is 30.9 Å². The van der Waals surface area contributed by atoms with Crippen molar-refractivity contribution in [2.24, 2.45) is 0 Å². The minimum atomic E-state index is -4.38. The van der Waals surface area contributed by atoms with Gasteiger partial charge in [-0.3, -0.25) is 9.69 Å². The third-order valence-corrected chi connectivity index (χ3v) is 7.50. The van der Waals surface area contributed by atoms with Crippen molar-refractivity contribution in [3.8, 4) is 0 Å². The SMILES string of the molecule is COC1=C(C(C)(C)O)CCC(C(=O)N2CCC3(CC2)c2ccc(C(F)(F)F)n2CCN3C)=C1. The Morgan fingerprint density at radius 3 is 2.33 bits per heavy atom. The largest absolute Gasteiger partial charge is 0.497 e. The number of allylic oxidation sites excluding steroid dienone is 1. The minimum Gasteiger partial charge on any atom is -0.497 e. The number of carbonyl (C=O) groups excluding carboxylic acids is 1. The molecule has 0 aromatic carbocycles. The molecule has 0 saturated carbocycles. The van der Waals surface area contributed by atoms with E-state index in [0.717, 1.165) is 5.57 Å². The van der Waals surface area contributed by atoms with Gasteiger partial charge in [0.15, 0.2) is 0 Å². The van der Waals surface area contributed by atoms with Gasteiger partial charge in [0.2, 0.25) is 5.91 Å². The van der Waals surface area contributed by atoms with Crippen LogP contribution >= 0.6 is 0 Å². The quantitative estimate of drug-likeness (QED) is 0.737. The molecule has 1 saturated heterocycles. The van der Waals surface area contributed by atoms with E-state index in [4.69, 9.17) is 4.74 Å². The Labute approximate surface area is 192 Å². The lowest BCUT2D eigenvalue weighted by Crippen LogP contribution is -2.57. The highest BCUT2D eigenvalue weighted by Crippen LogP contribution is 2.44. The van der Waals surface area contributed by atoms with E-state index in [1.165, 1.54) is 17.7 Å². The molecule has 182 valence electrons. The fourth-order valence-electron chi connectivity index (χ4n) is 5.60. The topological polar surface area (TPSA) is 57.9 Å². The van der Waals surface area contributed by atoms with Crippen LogP contribution in [0.15, 0.2) is 35.1 Å². The highest BCUT2D eigenvalue weighted by Gasteiger charge is 2.47. The summed E-state index contributed by atoms with van der Waals surface area (Å²) in [6.45, 7) is 5.18. The van der Waals surface area contributed by atoms with Gasteiger partial charge in [-0.25, -0.2) is 0 Å². The summed E-state index contributed by atoms with van der Waals surface area (Å²) >= 11 is 0. The fourth-order valence-corrected chi connectivity index (χ4v) is 5.60. The predicted octanol–water partition coefficient (Wildman–Crippen LogP) is 3.66. The molecule has 0 radical (unpaired) electrons. The fraction of sp³-hybridized carbons (Fsp3) is 0.625. The first-order valence-corrected chi connectivity index (χ1v) is 11.4. The van der Waals surface area contributed by atoms with Crippen LogP contribution in [-0.2, 0) is 27.8 Å². The van der Waals surface area contributed by atoms with Crippen molar-refractivity contribution >= 4 is 5.91 Å². The van der Waals surface area contributed by atoms with Crippen LogP contribution in [0.3, 0.4) is 0 Å². The van der Waals surface area contributed by atoms with Crippen LogP contribution < -0.4 is 0 Å². The van der Waals surface area contributed by atoms with Crippen molar-refractivity contribution in [1.29, 1.82) is 0 Å². The Morgan fingerprint density at radius 1 is 1.09 bits per heavy atom. The van der Waals surface area contributed by atoms with Crippen LogP contribution in [-0.4, -0.2) is 64.8 Å². The summed E-state index contributed by atoms with van der Waals surface area (Å²) < 4.78 is 47.3. The molecule has 4 rings (SSSR count). The number of hydrogen-bond acceptors (Lipinski definition) is 4. The van der Waals surface area contributed by atoms with Gasteiger partial charge in [0.25, 0.3) is 0 Å². The molecule has 1 amide bonds. The third kappa shape index (κ3) is 4.10. The van der Waals surface area contributed by atoms with Crippen molar-refractivity contribution in [1.82, 2.24) is 14.4 Å². The van der Waals surface area contributed by atoms with Crippen LogP contribution in [0.4, 0.5) is 13.2 Å². The van der Waals surface area contributed by atoms with E-state index in [0.29, 0.717) is 68.9 Å². The molecule has 0 atom stereocenters. The molecular weight excluding hydrogens is 435 g/mol. The summed E-state index contributed by atoms with van der Waals surface area (Å²) in [5, 5.41) is 10.4. The number of methoxy groups -OCH3 is 1. The first-order chi connectivity index (χ1) is 15.4. The number of rotatable bonds is 3. The molecular formula is C24H32F3N3O3. The molecule has 0 bridgehead atoms. The number of amides is 1. The van der Waals surface area contributed by atoms with Crippen molar-refractivity contribution in [2.75, 3.05) is 33.8 Å². The first kappa shape index (κ1) is 23.9. The maximum Gasteiger partial charge on any atom is 0.431 e. The number of nitrogens with zero attached hydrogens (tertiary/aromatic N) is 3. The normalized spacial score (nSPS) is 21.8. The third-order valence-electron chi connectivity index (χ3n) is 7.50. The zero-order valence-electron chi connectivity index (χ0n) is 19.6. The summed E-state index contributed by atoms with van der Waals surface area (Å²) in [7, 11) is 3.48. The number of piperidine rings is 1. The lowest BCUT2D eigenvalue weighted by molar-refractivity contribution is -0.145. The highest BCUT2D eigenvalue weighted by molar-refractivity contribution is 5.94. The van der Waals surface area contributed by atoms with Crippen LogP contribution in [0.25, 0.3) is 0 Å². The van der Waals surface area contributed by atoms with Gasteiger partial charge >= 0.3 is 6.18 Å².